The van der Waals surface area contributed by atoms with E-state index < -0.39 is 0 Å². The molecule has 16 heavy (non-hydrogen) atoms. The Morgan fingerprint density at radius 2 is 2.12 bits per heavy atom. The SMILES string of the molecule is c1coc(CNc2nccc3occc23)c1. The second kappa shape index (κ2) is 3.73. The van der Waals surface area contributed by atoms with Gasteiger partial charge in [0.2, 0.25) is 0 Å². The van der Waals surface area contributed by atoms with Crippen LogP contribution in [0.5, 0.6) is 0 Å². The Labute approximate surface area is 91.9 Å². The molecule has 0 atom stereocenters. The molecular weight excluding hydrogens is 204 g/mol. The van der Waals surface area contributed by atoms with Crippen LogP contribution in [0, 0.1) is 0 Å². The van der Waals surface area contributed by atoms with Crippen LogP contribution in [-0.4, -0.2) is 4.98 Å². The van der Waals surface area contributed by atoms with E-state index in [4.69, 9.17) is 8.83 Å². The van der Waals surface area contributed by atoms with Crippen LogP contribution in [-0.2, 0) is 6.54 Å². The van der Waals surface area contributed by atoms with E-state index in [1.54, 1.807) is 18.7 Å². The molecule has 0 saturated heterocycles. The summed E-state index contributed by atoms with van der Waals surface area (Å²) in [5.41, 5.74) is 0.831. The van der Waals surface area contributed by atoms with Crippen molar-refractivity contribution in [2.24, 2.45) is 0 Å². The standard InChI is InChI=1S/C12H10N2O2/c1-2-9(15-6-1)8-14-12-10-4-7-16-11(10)3-5-13-12/h1-7H,8H2,(H,13,14). The van der Waals surface area contributed by atoms with Gasteiger partial charge in [0, 0.05) is 6.20 Å². The summed E-state index contributed by atoms with van der Waals surface area (Å²) in [4.78, 5) is 4.27. The fourth-order valence-electron chi connectivity index (χ4n) is 1.62. The molecule has 0 aromatic carbocycles. The Balaban J connectivity index is 1.86. The lowest BCUT2D eigenvalue weighted by molar-refractivity contribution is 0.518. The number of nitrogens with one attached hydrogen (secondary N) is 1. The van der Waals surface area contributed by atoms with Crippen LogP contribution >= 0.6 is 0 Å². The van der Waals surface area contributed by atoms with E-state index >= 15 is 0 Å². The zero-order valence-corrected chi connectivity index (χ0v) is 8.51. The molecule has 3 aromatic heterocycles. The second-order valence-electron chi connectivity index (χ2n) is 3.42. The number of hydrogen-bond acceptors (Lipinski definition) is 4. The first kappa shape index (κ1) is 9.03. The molecule has 0 saturated carbocycles. The monoisotopic (exact) mass is 214 g/mol. The molecule has 80 valence electrons. The molecule has 3 rings (SSSR count). The highest BCUT2D eigenvalue weighted by Crippen LogP contribution is 2.22. The first-order valence-corrected chi connectivity index (χ1v) is 5.02. The van der Waals surface area contributed by atoms with E-state index in [9.17, 15) is 0 Å². The number of anilines is 1. The number of pyridine rings is 1. The molecule has 0 spiro atoms. The Hall–Kier alpha value is -2.23. The van der Waals surface area contributed by atoms with Gasteiger partial charge in [-0.1, -0.05) is 0 Å². The van der Waals surface area contributed by atoms with Crippen molar-refractivity contribution in [1.82, 2.24) is 4.98 Å². The van der Waals surface area contributed by atoms with Crippen LogP contribution in [0.25, 0.3) is 11.0 Å². The minimum Gasteiger partial charge on any atom is -0.467 e. The molecule has 0 aliphatic rings. The van der Waals surface area contributed by atoms with E-state index in [2.05, 4.69) is 10.3 Å². The lowest BCUT2D eigenvalue weighted by Gasteiger charge is -2.03. The van der Waals surface area contributed by atoms with Crippen molar-refractivity contribution in [2.75, 3.05) is 5.32 Å². The van der Waals surface area contributed by atoms with Gasteiger partial charge in [-0.15, -0.1) is 0 Å². The number of aromatic nitrogens is 1. The smallest absolute Gasteiger partial charge is 0.139 e. The maximum absolute atomic E-state index is 5.29. The summed E-state index contributed by atoms with van der Waals surface area (Å²) in [5.74, 6) is 1.69. The van der Waals surface area contributed by atoms with Crippen molar-refractivity contribution >= 4 is 16.8 Å². The van der Waals surface area contributed by atoms with Gasteiger partial charge < -0.3 is 14.2 Å². The maximum Gasteiger partial charge on any atom is 0.139 e. The summed E-state index contributed by atoms with van der Waals surface area (Å²) in [6.07, 6.45) is 5.03. The summed E-state index contributed by atoms with van der Waals surface area (Å²) in [5, 5.41) is 4.19. The lowest BCUT2D eigenvalue weighted by atomic mass is 10.3. The Bertz CT molecular complexity index is 584. The van der Waals surface area contributed by atoms with Gasteiger partial charge in [0.25, 0.3) is 0 Å². The number of nitrogens with zero attached hydrogens (tertiary/aromatic N) is 1. The van der Waals surface area contributed by atoms with Gasteiger partial charge in [-0.05, 0) is 24.3 Å². The van der Waals surface area contributed by atoms with Crippen molar-refractivity contribution in [3.63, 3.8) is 0 Å². The van der Waals surface area contributed by atoms with Gasteiger partial charge in [-0.25, -0.2) is 4.98 Å². The Morgan fingerprint density at radius 1 is 1.12 bits per heavy atom. The predicted octanol–water partition coefficient (Wildman–Crippen LogP) is 3.03. The molecule has 1 N–H and O–H groups in total. The number of furan rings is 2. The Morgan fingerprint density at radius 3 is 3.00 bits per heavy atom. The highest BCUT2D eigenvalue weighted by molar-refractivity contribution is 5.87. The van der Waals surface area contributed by atoms with Crippen molar-refractivity contribution in [3.8, 4) is 0 Å². The fourth-order valence-corrected chi connectivity index (χ4v) is 1.62. The molecular formula is C12H10N2O2. The van der Waals surface area contributed by atoms with Crippen molar-refractivity contribution in [2.45, 2.75) is 6.54 Å². The lowest BCUT2D eigenvalue weighted by Crippen LogP contribution is -2.00. The molecule has 0 amide bonds. The largest absolute Gasteiger partial charge is 0.467 e. The van der Waals surface area contributed by atoms with Gasteiger partial charge in [0.15, 0.2) is 0 Å². The number of rotatable bonds is 3. The zero-order valence-electron chi connectivity index (χ0n) is 8.51. The minimum absolute atomic E-state index is 0.615. The molecule has 0 fully saturated rings. The van der Waals surface area contributed by atoms with E-state index in [-0.39, 0.29) is 0 Å². The minimum atomic E-state index is 0.615. The molecule has 3 aromatic rings. The normalized spacial score (nSPS) is 10.8. The Kier molecular flexibility index (Phi) is 2.11. The summed E-state index contributed by atoms with van der Waals surface area (Å²) in [7, 11) is 0. The topological polar surface area (TPSA) is 51.2 Å². The van der Waals surface area contributed by atoms with Crippen LogP contribution in [0.2, 0.25) is 0 Å². The van der Waals surface area contributed by atoms with Crippen molar-refractivity contribution in [3.05, 3.63) is 48.7 Å². The van der Waals surface area contributed by atoms with Gasteiger partial charge in [0.1, 0.15) is 17.2 Å². The number of fused-ring (bicyclic) bond motifs is 1. The summed E-state index contributed by atoms with van der Waals surface area (Å²) in [6.45, 7) is 0.615. The van der Waals surface area contributed by atoms with Gasteiger partial charge in [-0.2, -0.15) is 0 Å². The van der Waals surface area contributed by atoms with Crippen LogP contribution in [0.4, 0.5) is 5.82 Å². The summed E-state index contributed by atoms with van der Waals surface area (Å²) in [6, 6.07) is 7.52. The fraction of sp³-hybridized carbons (Fsp3) is 0.0833. The predicted molar refractivity (Wildman–Crippen MR) is 60.0 cm³/mol. The second-order valence-corrected chi connectivity index (χ2v) is 3.42. The van der Waals surface area contributed by atoms with Crippen molar-refractivity contribution in [1.29, 1.82) is 0 Å². The van der Waals surface area contributed by atoms with Gasteiger partial charge >= 0.3 is 0 Å². The van der Waals surface area contributed by atoms with Gasteiger partial charge in [0.05, 0.1) is 24.5 Å². The molecule has 3 heterocycles. The summed E-state index contributed by atoms with van der Waals surface area (Å²) >= 11 is 0. The van der Waals surface area contributed by atoms with E-state index in [0.717, 1.165) is 22.5 Å². The number of hydrogen-bond donors (Lipinski definition) is 1. The van der Waals surface area contributed by atoms with Crippen LogP contribution < -0.4 is 5.32 Å². The highest BCUT2D eigenvalue weighted by Gasteiger charge is 2.04. The summed E-state index contributed by atoms with van der Waals surface area (Å²) < 4.78 is 10.5. The van der Waals surface area contributed by atoms with Crippen LogP contribution in [0.3, 0.4) is 0 Å². The third-order valence-electron chi connectivity index (χ3n) is 2.39. The maximum atomic E-state index is 5.29. The van der Waals surface area contributed by atoms with Crippen LogP contribution in [0.1, 0.15) is 5.76 Å². The van der Waals surface area contributed by atoms with E-state index in [1.807, 2.05) is 24.3 Å². The third-order valence-corrected chi connectivity index (χ3v) is 2.39. The van der Waals surface area contributed by atoms with Gasteiger partial charge in [-0.3, -0.25) is 0 Å². The first-order chi connectivity index (χ1) is 7.93. The average Bonchev–Trinajstić information content (AvgIpc) is 2.97. The van der Waals surface area contributed by atoms with Crippen molar-refractivity contribution < 1.29 is 8.83 Å². The molecule has 0 radical (unpaired) electrons. The molecule has 0 aliphatic heterocycles. The molecule has 0 aliphatic carbocycles. The first-order valence-electron chi connectivity index (χ1n) is 5.02. The molecule has 4 heteroatoms. The zero-order chi connectivity index (χ0) is 10.8. The molecule has 4 nitrogen and oxygen atoms in total. The molecule has 0 unspecified atom stereocenters. The molecule has 0 bridgehead atoms. The average molecular weight is 214 g/mol. The highest BCUT2D eigenvalue weighted by atomic mass is 16.3. The van der Waals surface area contributed by atoms with E-state index in [1.165, 1.54) is 0 Å². The van der Waals surface area contributed by atoms with E-state index in [0.29, 0.717) is 6.54 Å². The third kappa shape index (κ3) is 1.54. The quantitative estimate of drug-likeness (QED) is 0.728. The van der Waals surface area contributed by atoms with Crippen LogP contribution in [0.15, 0.2) is 51.8 Å².